The Morgan fingerprint density at radius 1 is 1.53 bits per heavy atom. The molecule has 0 fully saturated rings. The Kier molecular flexibility index (Phi) is 5.99. The van der Waals surface area contributed by atoms with Crippen LogP contribution in [0.1, 0.15) is 5.56 Å². The first-order valence-corrected chi connectivity index (χ1v) is 5.71. The Balaban J connectivity index is 0.000000550. The molecule has 0 aliphatic carbocycles. The van der Waals surface area contributed by atoms with Crippen molar-refractivity contribution in [3.8, 4) is 18.1 Å². The number of rotatable bonds is 4. The second kappa shape index (κ2) is 7.80. The highest BCUT2D eigenvalue weighted by atomic mass is 16.5. The number of carboxylic acid groups (broad SMARTS) is 1. The lowest BCUT2D eigenvalue weighted by Gasteiger charge is -2.03. The lowest BCUT2D eigenvalue weighted by molar-refractivity contribution is -0.122. The summed E-state index contributed by atoms with van der Waals surface area (Å²) in [7, 11) is 0. The van der Waals surface area contributed by atoms with Gasteiger partial charge in [0, 0.05) is 17.1 Å². The van der Waals surface area contributed by atoms with Gasteiger partial charge in [-0.05, 0) is 36.7 Å². The van der Waals surface area contributed by atoms with Gasteiger partial charge in [0.2, 0.25) is 0 Å². The summed E-state index contributed by atoms with van der Waals surface area (Å²) in [5.41, 5.74) is 7.86. The Morgan fingerprint density at radius 2 is 2.26 bits per heavy atom. The number of nitrogens with one attached hydrogen (secondary N) is 1. The van der Waals surface area contributed by atoms with Crippen molar-refractivity contribution in [3.63, 3.8) is 0 Å². The Bertz CT molecular complexity index is 570. The minimum Gasteiger partial charge on any atom is -0.483 e. The zero-order chi connectivity index (χ0) is 14.1. The quantitative estimate of drug-likeness (QED) is 0.572. The van der Waals surface area contributed by atoms with Gasteiger partial charge in [-0.1, -0.05) is 5.92 Å². The summed E-state index contributed by atoms with van der Waals surface area (Å²) in [5.74, 6) is 3.24. The summed E-state index contributed by atoms with van der Waals surface area (Å²) < 4.78 is 5.38. The molecule has 0 unspecified atom stereocenters. The fraction of sp³-hybridized carbons (Fsp3) is 0.214. The van der Waals surface area contributed by atoms with Crippen molar-refractivity contribution >= 4 is 17.4 Å². The van der Waals surface area contributed by atoms with Crippen LogP contribution in [0.5, 0.6) is 5.75 Å². The van der Waals surface area contributed by atoms with Crippen LogP contribution in [0.15, 0.2) is 24.4 Å². The van der Waals surface area contributed by atoms with E-state index >= 15 is 0 Å². The Labute approximate surface area is 111 Å². The molecule has 0 saturated heterocycles. The molecule has 0 aliphatic rings. The lowest BCUT2D eigenvalue weighted by Crippen LogP contribution is -2.01. The van der Waals surface area contributed by atoms with E-state index < -0.39 is 0 Å². The molecule has 0 radical (unpaired) electrons. The van der Waals surface area contributed by atoms with Crippen LogP contribution in [0.25, 0.3) is 10.9 Å². The molecule has 1 aromatic carbocycles. The van der Waals surface area contributed by atoms with Gasteiger partial charge in [0.25, 0.3) is 6.47 Å². The number of fused-ring (bicyclic) bond motifs is 1. The molecule has 19 heavy (non-hydrogen) atoms. The molecule has 0 bridgehead atoms. The molecule has 4 N–H and O–H groups in total. The molecule has 0 saturated carbocycles. The number of carbonyl (C=O) groups is 1. The number of aromatic amines is 1. The van der Waals surface area contributed by atoms with Gasteiger partial charge in [-0.25, -0.2) is 0 Å². The molecule has 0 aliphatic heterocycles. The maximum absolute atomic E-state index is 8.36. The van der Waals surface area contributed by atoms with Crippen molar-refractivity contribution in [2.45, 2.75) is 6.42 Å². The molecule has 5 heteroatoms. The van der Waals surface area contributed by atoms with Gasteiger partial charge in [0.1, 0.15) is 12.4 Å². The summed E-state index contributed by atoms with van der Waals surface area (Å²) >= 11 is 0. The van der Waals surface area contributed by atoms with Gasteiger partial charge in [-0.15, -0.1) is 6.42 Å². The van der Waals surface area contributed by atoms with Crippen LogP contribution in [0, 0.1) is 12.3 Å². The first-order chi connectivity index (χ1) is 9.26. The van der Waals surface area contributed by atoms with Crippen LogP contribution in [-0.2, 0) is 11.2 Å². The number of H-pyrrole nitrogens is 1. The van der Waals surface area contributed by atoms with Crippen molar-refractivity contribution in [1.29, 1.82) is 0 Å². The van der Waals surface area contributed by atoms with Crippen LogP contribution in [0.4, 0.5) is 0 Å². The van der Waals surface area contributed by atoms with Gasteiger partial charge >= 0.3 is 0 Å². The van der Waals surface area contributed by atoms with E-state index in [4.69, 9.17) is 26.8 Å². The van der Waals surface area contributed by atoms with Gasteiger partial charge < -0.3 is 20.6 Å². The van der Waals surface area contributed by atoms with Crippen LogP contribution in [0.3, 0.4) is 0 Å². The third kappa shape index (κ3) is 4.05. The lowest BCUT2D eigenvalue weighted by atomic mass is 10.1. The average molecular weight is 260 g/mol. The topological polar surface area (TPSA) is 88.3 Å². The van der Waals surface area contributed by atoms with E-state index in [2.05, 4.69) is 10.9 Å². The minimum atomic E-state index is -0.250. The molecule has 0 spiro atoms. The number of benzene rings is 1. The molecule has 0 atom stereocenters. The van der Waals surface area contributed by atoms with Crippen molar-refractivity contribution in [1.82, 2.24) is 4.98 Å². The van der Waals surface area contributed by atoms with Gasteiger partial charge in [0.15, 0.2) is 0 Å². The number of hydrogen-bond acceptors (Lipinski definition) is 3. The summed E-state index contributed by atoms with van der Waals surface area (Å²) in [6, 6.07) is 5.89. The predicted octanol–water partition coefficient (Wildman–Crippen LogP) is 1.38. The van der Waals surface area contributed by atoms with Crippen LogP contribution >= 0.6 is 0 Å². The largest absolute Gasteiger partial charge is 0.483 e. The molecular weight excluding hydrogens is 244 g/mol. The minimum absolute atomic E-state index is 0.250. The first-order valence-electron chi connectivity index (χ1n) is 5.71. The smallest absolute Gasteiger partial charge is 0.290 e. The third-order valence-corrected chi connectivity index (χ3v) is 2.47. The number of nitrogens with two attached hydrogens (primary N) is 1. The standard InChI is InChI=1S/C13H14N2O.CH2O2/c1-2-7-16-11-3-4-13-12(8-11)10(5-6-14)9-15-13;2-1-3/h1,3-4,8-9,15H,5-7,14H2;1H,(H,2,3). The van der Waals surface area contributed by atoms with Gasteiger partial charge in [-0.3, -0.25) is 4.79 Å². The molecule has 2 rings (SSSR count). The SMILES string of the molecule is C#CCOc1ccc2[nH]cc(CCN)c2c1.O=CO. The van der Waals surface area contributed by atoms with E-state index in [0.717, 1.165) is 23.1 Å². The third-order valence-electron chi connectivity index (χ3n) is 2.47. The second-order valence-electron chi connectivity index (χ2n) is 3.66. The molecule has 100 valence electrons. The van der Waals surface area contributed by atoms with E-state index in [1.807, 2.05) is 24.4 Å². The monoisotopic (exact) mass is 260 g/mol. The molecule has 5 nitrogen and oxygen atoms in total. The molecule has 0 amide bonds. The molecule has 2 aromatic rings. The number of hydrogen-bond donors (Lipinski definition) is 3. The van der Waals surface area contributed by atoms with Gasteiger partial charge in [0.05, 0.1) is 0 Å². The maximum Gasteiger partial charge on any atom is 0.290 e. The van der Waals surface area contributed by atoms with Crippen LogP contribution in [-0.4, -0.2) is 29.7 Å². The average Bonchev–Trinajstić information content (AvgIpc) is 2.81. The normalized spacial score (nSPS) is 9.26. The second-order valence-corrected chi connectivity index (χ2v) is 3.66. The van der Waals surface area contributed by atoms with E-state index in [1.54, 1.807) is 0 Å². The maximum atomic E-state index is 8.36. The molecule has 1 aromatic heterocycles. The van der Waals surface area contributed by atoms with Gasteiger partial charge in [-0.2, -0.15) is 0 Å². The fourth-order valence-electron chi connectivity index (χ4n) is 1.73. The van der Waals surface area contributed by atoms with Crippen LogP contribution < -0.4 is 10.5 Å². The number of ether oxygens (including phenoxy) is 1. The van der Waals surface area contributed by atoms with Crippen molar-refractivity contribution in [3.05, 3.63) is 30.0 Å². The van der Waals surface area contributed by atoms with Crippen molar-refractivity contribution < 1.29 is 14.6 Å². The Morgan fingerprint density at radius 3 is 2.89 bits per heavy atom. The summed E-state index contributed by atoms with van der Waals surface area (Å²) in [6.45, 7) is 0.685. The highest BCUT2D eigenvalue weighted by Gasteiger charge is 2.04. The first kappa shape index (κ1) is 14.6. The van der Waals surface area contributed by atoms with Crippen LogP contribution in [0.2, 0.25) is 0 Å². The molecule has 1 heterocycles. The van der Waals surface area contributed by atoms with E-state index in [1.165, 1.54) is 5.56 Å². The number of aromatic nitrogens is 1. The predicted molar refractivity (Wildman–Crippen MR) is 74.1 cm³/mol. The summed E-state index contributed by atoms with van der Waals surface area (Å²) in [5, 5.41) is 8.04. The summed E-state index contributed by atoms with van der Waals surface area (Å²) in [6.07, 6.45) is 8.00. The zero-order valence-corrected chi connectivity index (χ0v) is 10.4. The van der Waals surface area contributed by atoms with Crippen molar-refractivity contribution in [2.24, 2.45) is 5.73 Å². The molecular formula is C14H16N2O3. The highest BCUT2D eigenvalue weighted by Crippen LogP contribution is 2.23. The van der Waals surface area contributed by atoms with Crippen molar-refractivity contribution in [2.75, 3.05) is 13.2 Å². The number of terminal acetylenes is 1. The zero-order valence-electron chi connectivity index (χ0n) is 10.4. The van der Waals surface area contributed by atoms with E-state index in [0.29, 0.717) is 13.2 Å². The van der Waals surface area contributed by atoms with E-state index in [-0.39, 0.29) is 6.47 Å². The highest BCUT2D eigenvalue weighted by molar-refractivity contribution is 5.84. The Hall–Kier alpha value is -2.45. The summed E-state index contributed by atoms with van der Waals surface area (Å²) in [4.78, 5) is 11.6. The fourth-order valence-corrected chi connectivity index (χ4v) is 1.73. The van der Waals surface area contributed by atoms with E-state index in [9.17, 15) is 0 Å².